The van der Waals surface area contributed by atoms with E-state index in [9.17, 15) is 14.4 Å². The number of aromatic nitrogens is 2. The summed E-state index contributed by atoms with van der Waals surface area (Å²) in [5.41, 5.74) is 3.18. The van der Waals surface area contributed by atoms with Gasteiger partial charge in [-0.05, 0) is 34.9 Å². The van der Waals surface area contributed by atoms with Crippen molar-refractivity contribution in [1.82, 2.24) is 9.97 Å². The first-order valence-corrected chi connectivity index (χ1v) is 8.79. The van der Waals surface area contributed by atoms with Crippen LogP contribution in [0.4, 0.5) is 5.69 Å². The number of carbonyl (C=O) groups is 1. The minimum absolute atomic E-state index is 0.168. The smallest absolute Gasteiger partial charge is 0.314 e. The van der Waals surface area contributed by atoms with Gasteiger partial charge in [-0.2, -0.15) is 0 Å². The zero-order chi connectivity index (χ0) is 19.5. The summed E-state index contributed by atoms with van der Waals surface area (Å²) >= 11 is 0. The molecule has 1 amide bonds. The van der Waals surface area contributed by atoms with Gasteiger partial charge in [0.15, 0.2) is 0 Å². The van der Waals surface area contributed by atoms with Crippen molar-refractivity contribution in [2.24, 2.45) is 0 Å². The number of benzene rings is 3. The van der Waals surface area contributed by atoms with E-state index in [2.05, 4.69) is 15.3 Å². The van der Waals surface area contributed by atoms with E-state index in [4.69, 9.17) is 0 Å². The summed E-state index contributed by atoms with van der Waals surface area (Å²) in [7, 11) is 0. The molecular weight excluding hydrogens is 354 g/mol. The molecule has 0 saturated carbocycles. The van der Waals surface area contributed by atoms with Crippen LogP contribution >= 0.6 is 0 Å². The third-order valence-corrected chi connectivity index (χ3v) is 4.43. The van der Waals surface area contributed by atoms with E-state index in [-0.39, 0.29) is 12.3 Å². The summed E-state index contributed by atoms with van der Waals surface area (Å²) in [6.07, 6.45) is 0.231. The zero-order valence-corrected chi connectivity index (χ0v) is 14.9. The largest absolute Gasteiger partial charge is 0.326 e. The van der Waals surface area contributed by atoms with Crippen molar-refractivity contribution in [1.29, 1.82) is 0 Å². The third kappa shape index (κ3) is 3.76. The summed E-state index contributed by atoms with van der Waals surface area (Å²) in [6.45, 7) is 0. The number of hydrogen-bond acceptors (Lipinski definition) is 3. The molecule has 0 aliphatic heterocycles. The van der Waals surface area contributed by atoms with Crippen LogP contribution in [0.1, 0.15) is 5.56 Å². The first kappa shape index (κ1) is 17.5. The fraction of sp³-hybridized carbons (Fsp3) is 0.0455. The molecule has 0 fully saturated rings. The third-order valence-electron chi connectivity index (χ3n) is 4.43. The summed E-state index contributed by atoms with van der Waals surface area (Å²) in [5, 5.41) is 2.81. The molecule has 3 aromatic carbocycles. The van der Waals surface area contributed by atoms with E-state index in [0.29, 0.717) is 16.7 Å². The molecule has 0 saturated heterocycles. The molecule has 0 radical (unpaired) electrons. The van der Waals surface area contributed by atoms with Gasteiger partial charge in [-0.25, -0.2) is 0 Å². The Morgan fingerprint density at radius 2 is 1.39 bits per heavy atom. The molecular formula is C22H17N3O3. The standard InChI is InChI=1S/C22H17N3O3/c26-20(12-14-6-8-16(9-7-14)15-4-2-1-3-5-15)23-17-10-11-18-19(13-17)25-22(28)21(27)24-18/h1-11,13H,12H2,(H,23,26)(H,24,27)(H,25,28). The Kier molecular flexibility index (Phi) is 4.60. The molecule has 3 N–H and O–H groups in total. The monoisotopic (exact) mass is 371 g/mol. The molecule has 28 heavy (non-hydrogen) atoms. The highest BCUT2D eigenvalue weighted by Crippen LogP contribution is 2.20. The van der Waals surface area contributed by atoms with E-state index >= 15 is 0 Å². The van der Waals surface area contributed by atoms with Crippen LogP contribution in [-0.4, -0.2) is 15.9 Å². The van der Waals surface area contributed by atoms with Crippen molar-refractivity contribution in [3.05, 3.63) is 99.1 Å². The number of aromatic amines is 2. The minimum atomic E-state index is -0.727. The minimum Gasteiger partial charge on any atom is -0.326 e. The number of carbonyl (C=O) groups excluding carboxylic acids is 1. The predicted molar refractivity (Wildman–Crippen MR) is 109 cm³/mol. The molecule has 0 aliphatic rings. The Hall–Kier alpha value is -3.93. The van der Waals surface area contributed by atoms with Crippen molar-refractivity contribution in [3.8, 4) is 11.1 Å². The number of hydrogen-bond donors (Lipinski definition) is 3. The highest BCUT2D eigenvalue weighted by atomic mass is 16.2. The van der Waals surface area contributed by atoms with Crippen LogP contribution in [0.25, 0.3) is 22.2 Å². The Labute approximate surface area is 159 Å². The molecule has 0 aliphatic carbocycles. The predicted octanol–water partition coefficient (Wildman–Crippen LogP) is 3.06. The lowest BCUT2D eigenvalue weighted by molar-refractivity contribution is -0.115. The molecule has 0 unspecified atom stereocenters. The Morgan fingerprint density at radius 1 is 0.750 bits per heavy atom. The maximum absolute atomic E-state index is 12.4. The number of fused-ring (bicyclic) bond motifs is 1. The second-order valence-corrected chi connectivity index (χ2v) is 6.46. The van der Waals surface area contributed by atoms with E-state index < -0.39 is 11.1 Å². The van der Waals surface area contributed by atoms with Crippen LogP contribution in [0.3, 0.4) is 0 Å². The fourth-order valence-electron chi connectivity index (χ4n) is 3.03. The second kappa shape index (κ2) is 7.36. The molecule has 0 spiro atoms. The van der Waals surface area contributed by atoms with Gasteiger partial charge >= 0.3 is 11.1 Å². The van der Waals surface area contributed by atoms with E-state index in [1.807, 2.05) is 54.6 Å². The number of H-pyrrole nitrogens is 2. The van der Waals surface area contributed by atoms with E-state index in [0.717, 1.165) is 16.7 Å². The lowest BCUT2D eigenvalue weighted by Gasteiger charge is -2.07. The van der Waals surface area contributed by atoms with Gasteiger partial charge in [0, 0.05) is 5.69 Å². The average Bonchev–Trinajstić information content (AvgIpc) is 2.70. The van der Waals surface area contributed by atoms with Gasteiger partial charge in [0.25, 0.3) is 0 Å². The Morgan fingerprint density at radius 3 is 2.11 bits per heavy atom. The molecule has 1 heterocycles. The van der Waals surface area contributed by atoms with Gasteiger partial charge in [0.05, 0.1) is 17.5 Å². The normalized spacial score (nSPS) is 10.7. The lowest BCUT2D eigenvalue weighted by Crippen LogP contribution is -2.28. The van der Waals surface area contributed by atoms with Crippen LogP contribution in [0.5, 0.6) is 0 Å². The van der Waals surface area contributed by atoms with Crippen molar-refractivity contribution in [2.75, 3.05) is 5.32 Å². The van der Waals surface area contributed by atoms with Gasteiger partial charge in [0.1, 0.15) is 0 Å². The maximum Gasteiger partial charge on any atom is 0.314 e. The summed E-state index contributed by atoms with van der Waals surface area (Å²) < 4.78 is 0. The molecule has 0 atom stereocenters. The Balaban J connectivity index is 1.47. The van der Waals surface area contributed by atoms with E-state index in [1.54, 1.807) is 18.2 Å². The van der Waals surface area contributed by atoms with Gasteiger partial charge in [-0.3, -0.25) is 14.4 Å². The average molecular weight is 371 g/mol. The fourth-order valence-corrected chi connectivity index (χ4v) is 3.03. The number of amides is 1. The summed E-state index contributed by atoms with van der Waals surface area (Å²) in [5.74, 6) is -0.168. The van der Waals surface area contributed by atoms with Crippen LogP contribution in [-0.2, 0) is 11.2 Å². The summed E-state index contributed by atoms with van der Waals surface area (Å²) in [6, 6.07) is 22.8. The van der Waals surface area contributed by atoms with Crippen LogP contribution in [0.2, 0.25) is 0 Å². The van der Waals surface area contributed by atoms with Crippen LogP contribution in [0.15, 0.2) is 82.4 Å². The van der Waals surface area contributed by atoms with Crippen molar-refractivity contribution in [3.63, 3.8) is 0 Å². The molecule has 4 aromatic rings. The van der Waals surface area contributed by atoms with Crippen LogP contribution in [0, 0.1) is 0 Å². The lowest BCUT2D eigenvalue weighted by atomic mass is 10.0. The van der Waals surface area contributed by atoms with Gasteiger partial charge in [0.2, 0.25) is 5.91 Å². The highest BCUT2D eigenvalue weighted by molar-refractivity contribution is 5.94. The Bertz CT molecular complexity index is 1260. The highest BCUT2D eigenvalue weighted by Gasteiger charge is 2.07. The quantitative estimate of drug-likeness (QED) is 0.481. The molecule has 138 valence electrons. The SMILES string of the molecule is O=C(Cc1ccc(-c2ccccc2)cc1)Nc1ccc2[nH]c(=O)c(=O)[nH]c2c1. The van der Waals surface area contributed by atoms with E-state index in [1.165, 1.54) is 0 Å². The van der Waals surface area contributed by atoms with Crippen molar-refractivity contribution in [2.45, 2.75) is 6.42 Å². The zero-order valence-electron chi connectivity index (χ0n) is 14.9. The number of rotatable bonds is 4. The summed E-state index contributed by atoms with van der Waals surface area (Å²) in [4.78, 5) is 40.1. The van der Waals surface area contributed by atoms with Gasteiger partial charge < -0.3 is 15.3 Å². The van der Waals surface area contributed by atoms with Crippen LogP contribution < -0.4 is 16.4 Å². The molecule has 0 bridgehead atoms. The first-order chi connectivity index (χ1) is 13.6. The van der Waals surface area contributed by atoms with Gasteiger partial charge in [-0.15, -0.1) is 0 Å². The maximum atomic E-state index is 12.4. The number of nitrogens with one attached hydrogen (secondary N) is 3. The van der Waals surface area contributed by atoms with Crippen molar-refractivity contribution >= 4 is 22.6 Å². The molecule has 6 heteroatoms. The van der Waals surface area contributed by atoms with Crippen molar-refractivity contribution < 1.29 is 4.79 Å². The number of anilines is 1. The first-order valence-electron chi connectivity index (χ1n) is 8.79. The topological polar surface area (TPSA) is 94.8 Å². The van der Waals surface area contributed by atoms with Gasteiger partial charge in [-0.1, -0.05) is 54.6 Å². The second-order valence-electron chi connectivity index (χ2n) is 6.46. The molecule has 1 aromatic heterocycles. The molecule has 4 rings (SSSR count). The molecule has 6 nitrogen and oxygen atoms in total.